The van der Waals surface area contributed by atoms with Crippen molar-refractivity contribution in [3.8, 4) is 0 Å². The van der Waals surface area contributed by atoms with Crippen molar-refractivity contribution >= 4 is 31.6 Å². The first kappa shape index (κ1) is 14.8. The average molecular weight is 349 g/mol. The van der Waals surface area contributed by atoms with E-state index >= 15 is 0 Å². The SMILES string of the molecule is CCOC1CC(NS(=O)(=O)c2cc(Br)ccc2N)C1. The fraction of sp³-hybridized carbons (Fsp3) is 0.500. The molecule has 1 aliphatic rings. The molecule has 0 bridgehead atoms. The molecule has 7 heteroatoms. The van der Waals surface area contributed by atoms with Gasteiger partial charge in [-0.1, -0.05) is 15.9 Å². The maximum absolute atomic E-state index is 12.2. The predicted molar refractivity (Wildman–Crippen MR) is 77.3 cm³/mol. The van der Waals surface area contributed by atoms with E-state index in [4.69, 9.17) is 10.5 Å². The van der Waals surface area contributed by atoms with Crippen molar-refractivity contribution in [3.05, 3.63) is 22.7 Å². The largest absolute Gasteiger partial charge is 0.398 e. The number of halogens is 1. The molecule has 0 amide bonds. The molecule has 1 aromatic rings. The fourth-order valence-electron chi connectivity index (χ4n) is 2.06. The van der Waals surface area contributed by atoms with Gasteiger partial charge in [-0.15, -0.1) is 0 Å². The summed E-state index contributed by atoms with van der Waals surface area (Å²) in [6.45, 7) is 2.59. The van der Waals surface area contributed by atoms with Crippen LogP contribution in [0.2, 0.25) is 0 Å². The van der Waals surface area contributed by atoms with Gasteiger partial charge in [0.1, 0.15) is 4.90 Å². The van der Waals surface area contributed by atoms with Gasteiger partial charge in [0.15, 0.2) is 0 Å². The van der Waals surface area contributed by atoms with E-state index in [0.717, 1.165) is 0 Å². The Bertz CT molecular complexity index is 556. The summed E-state index contributed by atoms with van der Waals surface area (Å²) < 4.78 is 33.2. The lowest BCUT2D eigenvalue weighted by Crippen LogP contribution is -2.47. The highest BCUT2D eigenvalue weighted by atomic mass is 79.9. The lowest BCUT2D eigenvalue weighted by atomic mass is 9.90. The second-order valence-electron chi connectivity index (χ2n) is 4.55. The van der Waals surface area contributed by atoms with Gasteiger partial charge in [-0.05, 0) is 38.0 Å². The summed E-state index contributed by atoms with van der Waals surface area (Å²) in [6.07, 6.45) is 1.58. The normalized spacial score (nSPS) is 23.1. The molecule has 0 aromatic heterocycles. The van der Waals surface area contributed by atoms with Gasteiger partial charge in [0.25, 0.3) is 0 Å². The Hall–Kier alpha value is -0.630. The molecule has 5 nitrogen and oxygen atoms in total. The van der Waals surface area contributed by atoms with Gasteiger partial charge in [0, 0.05) is 17.1 Å². The molecule has 0 heterocycles. The molecular weight excluding hydrogens is 332 g/mol. The van der Waals surface area contributed by atoms with Gasteiger partial charge in [-0.2, -0.15) is 0 Å². The summed E-state index contributed by atoms with van der Waals surface area (Å²) >= 11 is 3.25. The Labute approximate surface area is 121 Å². The number of hydrogen-bond donors (Lipinski definition) is 2. The molecule has 0 radical (unpaired) electrons. The number of ether oxygens (including phenoxy) is 1. The van der Waals surface area contributed by atoms with Gasteiger partial charge in [0.05, 0.1) is 11.8 Å². The van der Waals surface area contributed by atoms with E-state index in [1.54, 1.807) is 12.1 Å². The Morgan fingerprint density at radius 3 is 2.79 bits per heavy atom. The number of sulfonamides is 1. The molecule has 3 N–H and O–H groups in total. The van der Waals surface area contributed by atoms with Gasteiger partial charge in [0.2, 0.25) is 10.0 Å². The van der Waals surface area contributed by atoms with Crippen molar-refractivity contribution in [2.75, 3.05) is 12.3 Å². The molecule has 106 valence electrons. The average Bonchev–Trinajstić information content (AvgIpc) is 2.29. The van der Waals surface area contributed by atoms with Crippen LogP contribution in [0.5, 0.6) is 0 Å². The highest BCUT2D eigenvalue weighted by Crippen LogP contribution is 2.27. The van der Waals surface area contributed by atoms with Crippen molar-refractivity contribution in [1.82, 2.24) is 4.72 Å². The van der Waals surface area contributed by atoms with E-state index in [1.807, 2.05) is 6.92 Å². The van der Waals surface area contributed by atoms with Crippen molar-refractivity contribution < 1.29 is 13.2 Å². The van der Waals surface area contributed by atoms with Crippen LogP contribution in [0, 0.1) is 0 Å². The zero-order valence-corrected chi connectivity index (χ0v) is 13.0. The van der Waals surface area contributed by atoms with Crippen LogP contribution >= 0.6 is 15.9 Å². The topological polar surface area (TPSA) is 81.4 Å². The molecule has 0 saturated heterocycles. The molecule has 0 atom stereocenters. The third-order valence-corrected chi connectivity index (χ3v) is 5.15. The van der Waals surface area contributed by atoms with Crippen molar-refractivity contribution in [3.63, 3.8) is 0 Å². The van der Waals surface area contributed by atoms with Crippen molar-refractivity contribution in [2.24, 2.45) is 0 Å². The number of nitrogen functional groups attached to an aromatic ring is 1. The standard InChI is InChI=1S/C12H17BrN2O3S/c1-2-18-10-6-9(7-10)15-19(16,17)12-5-8(13)3-4-11(12)14/h3-5,9-10,15H,2,6-7,14H2,1H3. The number of nitrogens with two attached hydrogens (primary N) is 1. The summed E-state index contributed by atoms with van der Waals surface area (Å²) in [6, 6.07) is 4.72. The molecule has 1 saturated carbocycles. The van der Waals surface area contributed by atoms with Crippen molar-refractivity contribution in [1.29, 1.82) is 0 Å². The molecule has 1 aliphatic carbocycles. The Kier molecular flexibility index (Phi) is 4.50. The zero-order chi connectivity index (χ0) is 14.0. The minimum atomic E-state index is -3.57. The van der Waals surface area contributed by atoms with E-state index in [1.165, 1.54) is 6.07 Å². The summed E-state index contributed by atoms with van der Waals surface area (Å²) in [7, 11) is -3.57. The third-order valence-electron chi connectivity index (χ3n) is 3.08. The zero-order valence-electron chi connectivity index (χ0n) is 10.6. The van der Waals surface area contributed by atoms with Crippen LogP contribution in [0.3, 0.4) is 0 Å². The minimum absolute atomic E-state index is 0.0695. The van der Waals surface area contributed by atoms with E-state index in [-0.39, 0.29) is 22.7 Å². The molecule has 0 aliphatic heterocycles. The minimum Gasteiger partial charge on any atom is -0.398 e. The van der Waals surface area contributed by atoms with E-state index in [0.29, 0.717) is 23.9 Å². The van der Waals surface area contributed by atoms with Gasteiger partial charge in [-0.3, -0.25) is 0 Å². The lowest BCUT2D eigenvalue weighted by Gasteiger charge is -2.35. The summed E-state index contributed by atoms with van der Waals surface area (Å²) in [5, 5.41) is 0. The van der Waals surface area contributed by atoms with Gasteiger partial charge < -0.3 is 10.5 Å². The molecule has 2 rings (SSSR count). The predicted octanol–water partition coefficient (Wildman–Crippen LogP) is 1.88. The quantitative estimate of drug-likeness (QED) is 0.796. The van der Waals surface area contributed by atoms with Gasteiger partial charge >= 0.3 is 0 Å². The maximum atomic E-state index is 12.2. The monoisotopic (exact) mass is 348 g/mol. The Morgan fingerprint density at radius 2 is 2.16 bits per heavy atom. The first-order chi connectivity index (χ1) is 8.92. The number of benzene rings is 1. The van der Waals surface area contributed by atoms with Crippen LogP contribution in [0.25, 0.3) is 0 Å². The number of anilines is 1. The number of hydrogen-bond acceptors (Lipinski definition) is 4. The molecular formula is C12H17BrN2O3S. The van der Waals surface area contributed by atoms with Crippen LogP contribution < -0.4 is 10.5 Å². The summed E-state index contributed by atoms with van der Waals surface area (Å²) in [5.74, 6) is 0. The Morgan fingerprint density at radius 1 is 1.47 bits per heavy atom. The van der Waals surface area contributed by atoms with Crippen LogP contribution in [-0.4, -0.2) is 27.2 Å². The smallest absolute Gasteiger partial charge is 0.242 e. The molecule has 19 heavy (non-hydrogen) atoms. The number of rotatable bonds is 5. The second kappa shape index (κ2) is 5.78. The first-order valence-electron chi connectivity index (χ1n) is 6.11. The van der Waals surface area contributed by atoms with E-state index < -0.39 is 10.0 Å². The fourth-order valence-corrected chi connectivity index (χ4v) is 3.99. The summed E-state index contributed by atoms with van der Waals surface area (Å²) in [5.41, 5.74) is 5.97. The maximum Gasteiger partial charge on any atom is 0.242 e. The molecule has 0 spiro atoms. The van der Waals surface area contributed by atoms with Crippen LogP contribution in [0.15, 0.2) is 27.6 Å². The summed E-state index contributed by atoms with van der Waals surface area (Å²) in [4.78, 5) is 0.113. The van der Waals surface area contributed by atoms with E-state index in [9.17, 15) is 8.42 Å². The van der Waals surface area contributed by atoms with Crippen LogP contribution in [0.1, 0.15) is 19.8 Å². The van der Waals surface area contributed by atoms with Crippen molar-refractivity contribution in [2.45, 2.75) is 36.8 Å². The molecule has 1 aromatic carbocycles. The van der Waals surface area contributed by atoms with Crippen LogP contribution in [0.4, 0.5) is 5.69 Å². The number of nitrogens with one attached hydrogen (secondary N) is 1. The first-order valence-corrected chi connectivity index (χ1v) is 8.39. The highest BCUT2D eigenvalue weighted by molar-refractivity contribution is 9.10. The van der Waals surface area contributed by atoms with Crippen LogP contribution in [-0.2, 0) is 14.8 Å². The lowest BCUT2D eigenvalue weighted by molar-refractivity contribution is -0.00475. The molecule has 0 unspecified atom stereocenters. The van der Waals surface area contributed by atoms with E-state index in [2.05, 4.69) is 20.7 Å². The molecule has 1 fully saturated rings. The third kappa shape index (κ3) is 3.47. The Balaban J connectivity index is 2.05. The highest BCUT2D eigenvalue weighted by Gasteiger charge is 2.33. The van der Waals surface area contributed by atoms with Gasteiger partial charge in [-0.25, -0.2) is 13.1 Å². The second-order valence-corrected chi connectivity index (χ2v) is 7.15.